The summed E-state index contributed by atoms with van der Waals surface area (Å²) < 4.78 is 24.0. The van der Waals surface area contributed by atoms with Crippen LogP contribution in [0.2, 0.25) is 0 Å². The number of aromatic nitrogens is 3. The monoisotopic (exact) mass is 415 g/mol. The molecule has 3 aromatic rings. The van der Waals surface area contributed by atoms with Crippen LogP contribution < -0.4 is 10.6 Å². The molecule has 1 aliphatic heterocycles. The zero-order chi connectivity index (χ0) is 20.5. The number of anilines is 1. The number of carbonyl (C=O) groups is 1. The SMILES string of the molecule is Cc1cc(F)c2c(c1)CCCN2Cn1nc(-c2ccco2)n(CCC(N)=O)c1=S. The van der Waals surface area contributed by atoms with Crippen molar-refractivity contribution >= 4 is 23.8 Å². The number of benzene rings is 1. The first kappa shape index (κ1) is 19.4. The van der Waals surface area contributed by atoms with E-state index in [1.54, 1.807) is 33.7 Å². The molecular weight excluding hydrogens is 393 g/mol. The minimum atomic E-state index is -0.424. The predicted octanol–water partition coefficient (Wildman–Crippen LogP) is 3.41. The van der Waals surface area contributed by atoms with Crippen LogP contribution in [0, 0.1) is 17.5 Å². The molecule has 0 spiro atoms. The lowest BCUT2D eigenvalue weighted by molar-refractivity contribution is -0.118. The van der Waals surface area contributed by atoms with Crippen molar-refractivity contribution in [3.05, 3.63) is 52.2 Å². The largest absolute Gasteiger partial charge is 0.461 e. The summed E-state index contributed by atoms with van der Waals surface area (Å²) in [5.74, 6) is 0.404. The Labute approximate surface area is 172 Å². The smallest absolute Gasteiger partial charge is 0.219 e. The number of nitrogens with zero attached hydrogens (tertiary/aromatic N) is 4. The molecule has 2 aromatic heterocycles. The summed E-state index contributed by atoms with van der Waals surface area (Å²) in [6, 6.07) is 7.12. The molecule has 0 saturated carbocycles. The van der Waals surface area contributed by atoms with E-state index in [9.17, 15) is 9.18 Å². The number of fused-ring (bicyclic) bond motifs is 1. The fourth-order valence-electron chi connectivity index (χ4n) is 3.77. The summed E-state index contributed by atoms with van der Waals surface area (Å²) in [6.07, 6.45) is 3.46. The maximum absolute atomic E-state index is 14.7. The zero-order valence-electron chi connectivity index (χ0n) is 16.1. The highest BCUT2D eigenvalue weighted by molar-refractivity contribution is 7.71. The minimum absolute atomic E-state index is 0.133. The van der Waals surface area contributed by atoms with Crippen LogP contribution in [-0.4, -0.2) is 26.8 Å². The first-order valence-corrected chi connectivity index (χ1v) is 9.88. The highest BCUT2D eigenvalue weighted by atomic mass is 32.1. The Bertz CT molecular complexity index is 1100. The molecule has 7 nitrogen and oxygen atoms in total. The van der Waals surface area contributed by atoms with Crippen LogP contribution in [0.4, 0.5) is 10.1 Å². The van der Waals surface area contributed by atoms with Gasteiger partial charge < -0.3 is 15.1 Å². The number of rotatable bonds is 6. The number of hydrogen-bond acceptors (Lipinski definition) is 5. The molecule has 3 heterocycles. The van der Waals surface area contributed by atoms with E-state index >= 15 is 0 Å². The van der Waals surface area contributed by atoms with E-state index in [1.165, 1.54) is 0 Å². The van der Waals surface area contributed by atoms with Gasteiger partial charge >= 0.3 is 0 Å². The standard InChI is InChI=1S/C20H22FN5O2S/c1-13-10-14-4-2-7-24(18(14)15(21)11-13)12-26-20(29)25(8-6-17(22)27)19(23-26)16-5-3-9-28-16/h3,5,9-11H,2,4,6-8,12H2,1H3,(H2,22,27). The van der Waals surface area contributed by atoms with Crippen LogP contribution in [-0.2, 0) is 24.4 Å². The first-order chi connectivity index (χ1) is 13.9. The molecule has 0 atom stereocenters. The highest BCUT2D eigenvalue weighted by Gasteiger charge is 2.23. The second-order valence-electron chi connectivity index (χ2n) is 7.21. The summed E-state index contributed by atoms with van der Waals surface area (Å²) in [4.78, 5) is 13.2. The molecule has 0 fully saturated rings. The van der Waals surface area contributed by atoms with E-state index in [2.05, 4.69) is 5.10 Å². The summed E-state index contributed by atoms with van der Waals surface area (Å²) in [6.45, 7) is 3.21. The third kappa shape index (κ3) is 3.82. The number of hydrogen-bond donors (Lipinski definition) is 1. The number of nitrogens with two attached hydrogens (primary N) is 1. The molecule has 1 aromatic carbocycles. The van der Waals surface area contributed by atoms with Crippen molar-refractivity contribution in [2.75, 3.05) is 11.4 Å². The summed E-state index contributed by atoms with van der Waals surface area (Å²) in [5.41, 5.74) is 7.83. The number of aryl methyl sites for hydroxylation is 2. The fourth-order valence-corrected chi connectivity index (χ4v) is 4.05. The summed E-state index contributed by atoms with van der Waals surface area (Å²) >= 11 is 5.61. The third-order valence-electron chi connectivity index (χ3n) is 5.03. The predicted molar refractivity (Wildman–Crippen MR) is 109 cm³/mol. The van der Waals surface area contributed by atoms with Crippen molar-refractivity contribution in [3.63, 3.8) is 0 Å². The van der Waals surface area contributed by atoms with Crippen LogP contribution in [0.25, 0.3) is 11.6 Å². The quantitative estimate of drug-likeness (QED) is 0.624. The Morgan fingerprint density at radius 2 is 2.24 bits per heavy atom. The number of primary amides is 1. The van der Waals surface area contributed by atoms with E-state index in [1.807, 2.05) is 17.9 Å². The van der Waals surface area contributed by atoms with Crippen molar-refractivity contribution in [2.45, 2.75) is 39.4 Å². The zero-order valence-corrected chi connectivity index (χ0v) is 16.9. The topological polar surface area (TPSA) is 82.2 Å². The average Bonchev–Trinajstić information content (AvgIpc) is 3.29. The molecule has 0 unspecified atom stereocenters. The number of furan rings is 1. The van der Waals surface area contributed by atoms with E-state index in [0.717, 1.165) is 24.0 Å². The van der Waals surface area contributed by atoms with E-state index < -0.39 is 5.91 Å². The minimum Gasteiger partial charge on any atom is -0.461 e. The van der Waals surface area contributed by atoms with Crippen molar-refractivity contribution in [1.29, 1.82) is 0 Å². The summed E-state index contributed by atoms with van der Waals surface area (Å²) in [7, 11) is 0. The Morgan fingerprint density at radius 3 is 2.97 bits per heavy atom. The van der Waals surface area contributed by atoms with Gasteiger partial charge in [0.05, 0.1) is 12.0 Å². The lowest BCUT2D eigenvalue weighted by Gasteiger charge is -2.31. The molecule has 152 valence electrons. The van der Waals surface area contributed by atoms with Gasteiger partial charge in [-0.1, -0.05) is 6.07 Å². The van der Waals surface area contributed by atoms with Crippen LogP contribution in [0.15, 0.2) is 34.9 Å². The molecule has 4 rings (SSSR count). The van der Waals surface area contributed by atoms with Crippen molar-refractivity contribution in [1.82, 2.24) is 14.3 Å². The van der Waals surface area contributed by atoms with Gasteiger partial charge in [0.25, 0.3) is 0 Å². The molecule has 0 saturated heterocycles. The lowest BCUT2D eigenvalue weighted by atomic mass is 9.99. The molecule has 0 radical (unpaired) electrons. The Balaban J connectivity index is 1.71. The van der Waals surface area contributed by atoms with Gasteiger partial charge in [-0.05, 0) is 61.3 Å². The normalized spacial score (nSPS) is 13.5. The summed E-state index contributed by atoms with van der Waals surface area (Å²) in [5, 5.41) is 4.61. The van der Waals surface area contributed by atoms with Gasteiger partial charge in [-0.25, -0.2) is 9.07 Å². The second kappa shape index (κ2) is 7.82. The molecule has 1 amide bonds. The van der Waals surface area contributed by atoms with E-state index in [4.69, 9.17) is 22.4 Å². The third-order valence-corrected chi connectivity index (χ3v) is 5.46. The van der Waals surface area contributed by atoms with Gasteiger partial charge in [0.2, 0.25) is 5.91 Å². The van der Waals surface area contributed by atoms with Crippen LogP contribution >= 0.6 is 12.2 Å². The van der Waals surface area contributed by atoms with Crippen molar-refractivity contribution in [3.8, 4) is 11.6 Å². The first-order valence-electron chi connectivity index (χ1n) is 9.48. The van der Waals surface area contributed by atoms with E-state index in [-0.39, 0.29) is 12.2 Å². The molecular formula is C20H22FN5O2S. The molecule has 29 heavy (non-hydrogen) atoms. The molecule has 9 heteroatoms. The fraction of sp³-hybridized carbons (Fsp3) is 0.350. The molecule has 2 N–H and O–H groups in total. The van der Waals surface area contributed by atoms with E-state index in [0.29, 0.717) is 41.8 Å². The maximum atomic E-state index is 14.7. The van der Waals surface area contributed by atoms with Crippen LogP contribution in [0.5, 0.6) is 0 Å². The van der Waals surface area contributed by atoms with Gasteiger partial charge in [-0.3, -0.25) is 9.36 Å². The molecule has 0 aliphatic carbocycles. The second-order valence-corrected chi connectivity index (χ2v) is 7.58. The van der Waals surface area contributed by atoms with Gasteiger partial charge in [0.15, 0.2) is 16.4 Å². The van der Waals surface area contributed by atoms with Gasteiger partial charge in [-0.15, -0.1) is 5.10 Å². The van der Waals surface area contributed by atoms with Crippen molar-refractivity contribution in [2.24, 2.45) is 5.73 Å². The Morgan fingerprint density at radius 1 is 1.41 bits per heavy atom. The maximum Gasteiger partial charge on any atom is 0.219 e. The molecule has 1 aliphatic rings. The van der Waals surface area contributed by atoms with Gasteiger partial charge in [0.1, 0.15) is 12.5 Å². The number of carbonyl (C=O) groups excluding carboxylic acids is 1. The number of amides is 1. The number of halogens is 1. The van der Waals surface area contributed by atoms with Crippen LogP contribution in [0.1, 0.15) is 24.0 Å². The average molecular weight is 415 g/mol. The van der Waals surface area contributed by atoms with Gasteiger partial charge in [0, 0.05) is 19.5 Å². The lowest BCUT2D eigenvalue weighted by Crippen LogP contribution is -2.33. The Kier molecular flexibility index (Phi) is 5.23. The van der Waals surface area contributed by atoms with Crippen LogP contribution in [0.3, 0.4) is 0 Å². The molecule has 0 bridgehead atoms. The van der Waals surface area contributed by atoms with Gasteiger partial charge in [-0.2, -0.15) is 0 Å². The highest BCUT2D eigenvalue weighted by Crippen LogP contribution is 2.32. The van der Waals surface area contributed by atoms with Crippen molar-refractivity contribution < 1.29 is 13.6 Å². The Hall–Kier alpha value is -2.94.